The van der Waals surface area contributed by atoms with Crippen LogP contribution in [-0.4, -0.2) is 24.4 Å². The van der Waals surface area contributed by atoms with Crippen LogP contribution in [0.15, 0.2) is 48.5 Å². The highest BCUT2D eigenvalue weighted by Gasteiger charge is 2.13. The van der Waals surface area contributed by atoms with Crippen LogP contribution >= 0.6 is 34.8 Å². The highest BCUT2D eigenvalue weighted by atomic mass is 35.5. The van der Waals surface area contributed by atoms with Crippen molar-refractivity contribution in [3.63, 3.8) is 0 Å². The molecule has 7 N–H and O–H groups in total. The first-order chi connectivity index (χ1) is 14.0. The first-order valence-corrected chi connectivity index (χ1v) is 9.97. The molecule has 0 aliphatic rings. The van der Waals surface area contributed by atoms with Gasteiger partial charge in [-0.2, -0.15) is 0 Å². The van der Waals surface area contributed by atoms with Gasteiger partial charge >= 0.3 is 0 Å². The molecule has 1 aromatic heterocycles. The molecule has 0 radical (unpaired) electrons. The van der Waals surface area contributed by atoms with Crippen molar-refractivity contribution in [2.75, 3.05) is 18.4 Å². The molecule has 5 nitrogen and oxygen atoms in total. The molecule has 4 rings (SSSR count). The Balaban J connectivity index is 0.000000755. The Bertz CT molecular complexity index is 1170. The SMILES string of the molecule is N=CN.NCCNc1cc2[nH]c3ccc(Cl)cc3c2cc1-c1ccc(Cl)c(Cl)c1. The Hall–Kier alpha value is -2.44. The molecule has 0 atom stereocenters. The molecule has 150 valence electrons. The summed E-state index contributed by atoms with van der Waals surface area (Å²) in [6.07, 6.45) is 0.750. The molecule has 0 saturated heterocycles. The van der Waals surface area contributed by atoms with Crippen molar-refractivity contribution in [3.05, 3.63) is 63.6 Å². The average molecular weight is 449 g/mol. The van der Waals surface area contributed by atoms with E-state index in [2.05, 4.69) is 28.2 Å². The molecule has 0 amide bonds. The zero-order chi connectivity index (χ0) is 21.0. The van der Waals surface area contributed by atoms with Crippen LogP contribution in [0.4, 0.5) is 5.69 Å². The Kier molecular flexibility index (Phi) is 6.87. The van der Waals surface area contributed by atoms with Crippen LogP contribution in [0.25, 0.3) is 32.9 Å². The molecule has 3 aromatic carbocycles. The third-order valence-electron chi connectivity index (χ3n) is 4.39. The lowest BCUT2D eigenvalue weighted by Gasteiger charge is -2.13. The zero-order valence-corrected chi connectivity index (χ0v) is 17.7. The second-order valence-electron chi connectivity index (χ2n) is 6.27. The average Bonchev–Trinajstić information content (AvgIpc) is 3.05. The molecule has 0 aliphatic heterocycles. The highest BCUT2D eigenvalue weighted by molar-refractivity contribution is 6.42. The van der Waals surface area contributed by atoms with E-state index in [0.717, 1.165) is 45.0 Å². The van der Waals surface area contributed by atoms with E-state index in [1.165, 1.54) is 0 Å². The Morgan fingerprint density at radius 1 is 0.931 bits per heavy atom. The first kappa shape index (κ1) is 21.3. The molecule has 0 fully saturated rings. The number of benzene rings is 3. The highest BCUT2D eigenvalue weighted by Crippen LogP contribution is 2.38. The summed E-state index contributed by atoms with van der Waals surface area (Å²) in [5.41, 5.74) is 15.1. The van der Waals surface area contributed by atoms with E-state index >= 15 is 0 Å². The van der Waals surface area contributed by atoms with E-state index in [4.69, 9.17) is 45.9 Å². The van der Waals surface area contributed by atoms with Gasteiger partial charge in [0.1, 0.15) is 0 Å². The third-order valence-corrected chi connectivity index (χ3v) is 5.36. The minimum Gasteiger partial charge on any atom is -0.390 e. The topological polar surface area (TPSA) is 104 Å². The van der Waals surface area contributed by atoms with Crippen LogP contribution in [0, 0.1) is 5.41 Å². The lowest BCUT2D eigenvalue weighted by Crippen LogP contribution is -2.13. The monoisotopic (exact) mass is 447 g/mol. The second kappa shape index (κ2) is 9.37. The largest absolute Gasteiger partial charge is 0.390 e. The number of anilines is 1. The predicted molar refractivity (Wildman–Crippen MR) is 127 cm³/mol. The lowest BCUT2D eigenvalue weighted by atomic mass is 10.0. The van der Waals surface area contributed by atoms with E-state index in [1.54, 1.807) is 0 Å². The molecule has 1 heterocycles. The van der Waals surface area contributed by atoms with Gasteiger partial charge in [0.25, 0.3) is 0 Å². The van der Waals surface area contributed by atoms with E-state index < -0.39 is 0 Å². The molecular formula is C21H20Cl3N5. The van der Waals surface area contributed by atoms with E-state index in [1.807, 2.05) is 36.4 Å². The number of nitrogens with two attached hydrogens (primary N) is 2. The van der Waals surface area contributed by atoms with Gasteiger partial charge in [-0.05, 0) is 48.0 Å². The van der Waals surface area contributed by atoms with Crippen molar-refractivity contribution in [3.8, 4) is 11.1 Å². The van der Waals surface area contributed by atoms with Gasteiger partial charge in [0, 0.05) is 51.2 Å². The summed E-state index contributed by atoms with van der Waals surface area (Å²) < 4.78 is 0. The number of rotatable bonds is 4. The number of nitrogens with one attached hydrogen (secondary N) is 3. The Morgan fingerprint density at radius 3 is 2.34 bits per heavy atom. The minimum absolute atomic E-state index is 0.524. The smallest absolute Gasteiger partial charge is 0.0765 e. The number of H-pyrrole nitrogens is 1. The van der Waals surface area contributed by atoms with Crippen LogP contribution in [0.1, 0.15) is 0 Å². The van der Waals surface area contributed by atoms with Crippen molar-refractivity contribution in [1.82, 2.24) is 4.98 Å². The number of aromatic nitrogens is 1. The van der Waals surface area contributed by atoms with Crippen LogP contribution < -0.4 is 16.8 Å². The van der Waals surface area contributed by atoms with Gasteiger partial charge in [-0.25, -0.2) is 0 Å². The summed E-state index contributed by atoms with van der Waals surface area (Å²) in [6, 6.07) is 15.7. The molecular weight excluding hydrogens is 429 g/mol. The van der Waals surface area contributed by atoms with Crippen molar-refractivity contribution in [2.24, 2.45) is 11.5 Å². The molecule has 29 heavy (non-hydrogen) atoms. The number of hydrogen-bond acceptors (Lipinski definition) is 3. The quantitative estimate of drug-likeness (QED) is 0.199. The van der Waals surface area contributed by atoms with E-state index in [-0.39, 0.29) is 0 Å². The van der Waals surface area contributed by atoms with Crippen molar-refractivity contribution in [2.45, 2.75) is 0 Å². The number of halogens is 3. The standard InChI is InChI=1S/C20H16Cl3N3.CH4N2/c21-12-2-4-18-14(8-12)15-9-13(11-1-3-16(22)17(23)7-11)19(25-6-5-24)10-20(15)26-18;2-1-3/h1-4,7-10,25-26H,5-6,24H2;1H,(H3,2,3). The molecule has 0 unspecified atom stereocenters. The molecule has 4 aromatic rings. The Labute approximate surface area is 183 Å². The number of aromatic amines is 1. The van der Waals surface area contributed by atoms with Crippen LogP contribution in [0.3, 0.4) is 0 Å². The van der Waals surface area contributed by atoms with Gasteiger partial charge in [0.15, 0.2) is 0 Å². The normalized spacial score (nSPS) is 10.6. The van der Waals surface area contributed by atoms with Crippen molar-refractivity contribution in [1.29, 1.82) is 5.41 Å². The molecule has 0 bridgehead atoms. The molecule has 0 saturated carbocycles. The fourth-order valence-corrected chi connectivity index (χ4v) is 3.65. The first-order valence-electron chi connectivity index (χ1n) is 8.83. The van der Waals surface area contributed by atoms with Crippen molar-refractivity contribution >= 4 is 68.6 Å². The predicted octanol–water partition coefficient (Wildman–Crippen LogP) is 5.87. The van der Waals surface area contributed by atoms with Gasteiger partial charge in [0.05, 0.1) is 16.4 Å². The maximum absolute atomic E-state index is 6.24. The van der Waals surface area contributed by atoms with Gasteiger partial charge < -0.3 is 21.8 Å². The summed E-state index contributed by atoms with van der Waals surface area (Å²) >= 11 is 18.5. The molecule has 0 aliphatic carbocycles. The zero-order valence-electron chi connectivity index (χ0n) is 15.4. The number of fused-ring (bicyclic) bond motifs is 3. The second-order valence-corrected chi connectivity index (χ2v) is 7.52. The van der Waals surface area contributed by atoms with Crippen molar-refractivity contribution < 1.29 is 0 Å². The van der Waals surface area contributed by atoms with Gasteiger partial charge in [-0.3, -0.25) is 5.41 Å². The molecule has 8 heteroatoms. The third kappa shape index (κ3) is 4.60. The summed E-state index contributed by atoms with van der Waals surface area (Å²) in [5, 5.41) is 13.2. The lowest BCUT2D eigenvalue weighted by molar-refractivity contribution is 1.03. The van der Waals surface area contributed by atoms with E-state index in [0.29, 0.717) is 28.2 Å². The summed E-state index contributed by atoms with van der Waals surface area (Å²) in [6.45, 7) is 1.22. The van der Waals surface area contributed by atoms with Gasteiger partial charge in [0.2, 0.25) is 0 Å². The summed E-state index contributed by atoms with van der Waals surface area (Å²) in [7, 11) is 0. The maximum atomic E-state index is 6.24. The Morgan fingerprint density at radius 2 is 1.66 bits per heavy atom. The summed E-state index contributed by atoms with van der Waals surface area (Å²) in [4.78, 5) is 3.44. The minimum atomic E-state index is 0.524. The summed E-state index contributed by atoms with van der Waals surface area (Å²) in [5.74, 6) is 0. The molecule has 0 spiro atoms. The number of hydrogen-bond donors (Lipinski definition) is 5. The van der Waals surface area contributed by atoms with Crippen LogP contribution in [-0.2, 0) is 0 Å². The van der Waals surface area contributed by atoms with E-state index in [9.17, 15) is 0 Å². The van der Waals surface area contributed by atoms with Crippen LogP contribution in [0.2, 0.25) is 15.1 Å². The van der Waals surface area contributed by atoms with Gasteiger partial charge in [-0.1, -0.05) is 40.9 Å². The fourth-order valence-electron chi connectivity index (χ4n) is 3.17. The van der Waals surface area contributed by atoms with Gasteiger partial charge in [-0.15, -0.1) is 0 Å². The maximum Gasteiger partial charge on any atom is 0.0765 e. The fraction of sp³-hybridized carbons (Fsp3) is 0.0952. The van der Waals surface area contributed by atoms with Crippen LogP contribution in [0.5, 0.6) is 0 Å².